The minimum absolute atomic E-state index is 0.200. The van der Waals surface area contributed by atoms with Crippen LogP contribution in [0.25, 0.3) is 0 Å². The summed E-state index contributed by atoms with van der Waals surface area (Å²) in [6, 6.07) is 0.696. The normalized spacial score (nSPS) is 27.0. The summed E-state index contributed by atoms with van der Waals surface area (Å²) in [5, 5.41) is 4.47. The third-order valence-corrected chi connectivity index (χ3v) is 3.52. The van der Waals surface area contributed by atoms with E-state index in [4.69, 9.17) is 10.5 Å². The molecule has 1 aliphatic rings. The predicted molar refractivity (Wildman–Crippen MR) is 67.9 cm³/mol. The van der Waals surface area contributed by atoms with Crippen molar-refractivity contribution in [2.75, 3.05) is 7.11 Å². The molecule has 1 saturated carbocycles. The van der Waals surface area contributed by atoms with Crippen molar-refractivity contribution in [1.29, 1.82) is 0 Å². The van der Waals surface area contributed by atoms with Crippen molar-refractivity contribution in [2.24, 2.45) is 5.73 Å². The number of ether oxygens (including phenoxy) is 1. The maximum absolute atomic E-state index is 5.80. The Balaban J connectivity index is 1.99. The van der Waals surface area contributed by atoms with Crippen molar-refractivity contribution in [3.63, 3.8) is 0 Å². The van der Waals surface area contributed by atoms with Gasteiger partial charge in [-0.2, -0.15) is 5.10 Å². The molecule has 4 heteroatoms. The Morgan fingerprint density at radius 1 is 1.59 bits per heavy atom. The summed E-state index contributed by atoms with van der Waals surface area (Å²) in [5.41, 5.74) is 7.03. The molecule has 4 nitrogen and oxygen atoms in total. The van der Waals surface area contributed by atoms with Crippen LogP contribution in [0.3, 0.4) is 0 Å². The zero-order valence-corrected chi connectivity index (χ0v) is 10.8. The van der Waals surface area contributed by atoms with Crippen LogP contribution in [-0.4, -0.2) is 29.0 Å². The first-order valence-corrected chi connectivity index (χ1v) is 6.50. The molecule has 0 aliphatic heterocycles. The molecule has 0 radical (unpaired) electrons. The van der Waals surface area contributed by atoms with Gasteiger partial charge in [0.05, 0.1) is 18.3 Å². The summed E-state index contributed by atoms with van der Waals surface area (Å²) in [4.78, 5) is 0. The van der Waals surface area contributed by atoms with Gasteiger partial charge < -0.3 is 10.5 Å². The monoisotopic (exact) mass is 237 g/mol. The van der Waals surface area contributed by atoms with Gasteiger partial charge in [-0.3, -0.25) is 4.68 Å². The fraction of sp³-hybridized carbons (Fsp3) is 0.769. The number of hydrogen-bond donors (Lipinski definition) is 1. The average molecular weight is 237 g/mol. The molecule has 0 amide bonds. The molecule has 0 aromatic carbocycles. The highest BCUT2D eigenvalue weighted by Crippen LogP contribution is 2.29. The number of nitrogens with two attached hydrogens (primary N) is 1. The smallest absolute Gasteiger partial charge is 0.0591 e. The SMILES string of the molecule is COC1CCCC(n2cc(CC(C)N)cn2)C1. The molecule has 1 aromatic rings. The zero-order chi connectivity index (χ0) is 12.3. The second kappa shape index (κ2) is 5.65. The second-order valence-corrected chi connectivity index (χ2v) is 5.19. The van der Waals surface area contributed by atoms with Gasteiger partial charge in [0.15, 0.2) is 0 Å². The van der Waals surface area contributed by atoms with Crippen molar-refractivity contribution < 1.29 is 4.74 Å². The number of rotatable bonds is 4. The van der Waals surface area contributed by atoms with E-state index in [1.165, 1.54) is 24.8 Å². The van der Waals surface area contributed by atoms with E-state index < -0.39 is 0 Å². The highest BCUT2D eigenvalue weighted by molar-refractivity contribution is 5.06. The first-order chi connectivity index (χ1) is 8.19. The van der Waals surface area contributed by atoms with Crippen molar-refractivity contribution in [3.8, 4) is 0 Å². The van der Waals surface area contributed by atoms with Gasteiger partial charge in [-0.05, 0) is 44.6 Å². The molecule has 17 heavy (non-hydrogen) atoms. The van der Waals surface area contributed by atoms with E-state index in [0.717, 1.165) is 12.8 Å². The van der Waals surface area contributed by atoms with E-state index in [2.05, 4.69) is 16.0 Å². The summed E-state index contributed by atoms with van der Waals surface area (Å²) in [6.45, 7) is 2.03. The van der Waals surface area contributed by atoms with E-state index in [0.29, 0.717) is 12.1 Å². The van der Waals surface area contributed by atoms with E-state index in [1.54, 1.807) is 7.11 Å². The van der Waals surface area contributed by atoms with Gasteiger partial charge in [-0.15, -0.1) is 0 Å². The van der Waals surface area contributed by atoms with Crippen LogP contribution in [0.15, 0.2) is 12.4 Å². The molecule has 1 aliphatic carbocycles. The Morgan fingerprint density at radius 3 is 3.12 bits per heavy atom. The Hall–Kier alpha value is -0.870. The topological polar surface area (TPSA) is 53.1 Å². The Kier molecular flexibility index (Phi) is 4.18. The standard InChI is InChI=1S/C13H23N3O/c1-10(14)6-11-8-15-16(9-11)12-4-3-5-13(7-12)17-2/h8-10,12-13H,3-7,14H2,1-2H3. The molecule has 0 saturated heterocycles. The van der Waals surface area contributed by atoms with Crippen LogP contribution in [0.2, 0.25) is 0 Å². The maximum Gasteiger partial charge on any atom is 0.0591 e. The minimum atomic E-state index is 0.200. The minimum Gasteiger partial charge on any atom is -0.381 e. The van der Waals surface area contributed by atoms with Crippen LogP contribution in [0, 0.1) is 0 Å². The third kappa shape index (κ3) is 3.30. The Bertz CT molecular complexity index is 348. The Labute approximate surface area is 103 Å². The van der Waals surface area contributed by atoms with Gasteiger partial charge in [0, 0.05) is 19.3 Å². The molecule has 2 N–H and O–H groups in total. The molecule has 96 valence electrons. The van der Waals surface area contributed by atoms with E-state index in [9.17, 15) is 0 Å². The lowest BCUT2D eigenvalue weighted by Gasteiger charge is -2.28. The summed E-state index contributed by atoms with van der Waals surface area (Å²) in [5.74, 6) is 0. The number of nitrogens with zero attached hydrogens (tertiary/aromatic N) is 2. The summed E-state index contributed by atoms with van der Waals surface area (Å²) in [6.07, 6.45) is 10.1. The highest BCUT2D eigenvalue weighted by Gasteiger charge is 2.23. The van der Waals surface area contributed by atoms with Gasteiger partial charge in [0.1, 0.15) is 0 Å². The molecule has 1 heterocycles. The number of methoxy groups -OCH3 is 1. The van der Waals surface area contributed by atoms with E-state index in [1.807, 2.05) is 13.1 Å². The molecule has 3 unspecified atom stereocenters. The average Bonchev–Trinajstić information content (AvgIpc) is 2.77. The van der Waals surface area contributed by atoms with Gasteiger partial charge in [0.2, 0.25) is 0 Å². The van der Waals surface area contributed by atoms with Gasteiger partial charge in [-0.25, -0.2) is 0 Å². The molecule has 3 atom stereocenters. The molecule has 1 fully saturated rings. The van der Waals surface area contributed by atoms with Crippen LogP contribution < -0.4 is 5.73 Å². The Morgan fingerprint density at radius 2 is 2.41 bits per heavy atom. The van der Waals surface area contributed by atoms with Crippen molar-refractivity contribution in [1.82, 2.24) is 9.78 Å². The third-order valence-electron chi connectivity index (χ3n) is 3.52. The molecular formula is C13H23N3O. The molecule has 0 spiro atoms. The summed E-state index contributed by atoms with van der Waals surface area (Å²) < 4.78 is 7.55. The highest BCUT2D eigenvalue weighted by atomic mass is 16.5. The molecule has 0 bridgehead atoms. The van der Waals surface area contributed by atoms with Crippen molar-refractivity contribution in [2.45, 2.75) is 57.2 Å². The van der Waals surface area contributed by atoms with Crippen LogP contribution in [-0.2, 0) is 11.2 Å². The predicted octanol–water partition coefficient (Wildman–Crippen LogP) is 1.90. The van der Waals surface area contributed by atoms with Gasteiger partial charge in [-0.1, -0.05) is 0 Å². The van der Waals surface area contributed by atoms with E-state index >= 15 is 0 Å². The molecular weight excluding hydrogens is 214 g/mol. The first kappa shape index (κ1) is 12.6. The van der Waals surface area contributed by atoms with Crippen LogP contribution in [0.4, 0.5) is 0 Å². The molecule has 1 aromatic heterocycles. The van der Waals surface area contributed by atoms with Gasteiger partial charge in [0.25, 0.3) is 0 Å². The number of aromatic nitrogens is 2. The summed E-state index contributed by atoms with van der Waals surface area (Å²) >= 11 is 0. The lowest BCUT2D eigenvalue weighted by molar-refractivity contribution is 0.0508. The summed E-state index contributed by atoms with van der Waals surface area (Å²) in [7, 11) is 1.80. The number of hydrogen-bond acceptors (Lipinski definition) is 3. The van der Waals surface area contributed by atoms with Crippen LogP contribution in [0.1, 0.15) is 44.2 Å². The first-order valence-electron chi connectivity index (χ1n) is 6.50. The zero-order valence-electron chi connectivity index (χ0n) is 10.8. The lowest BCUT2D eigenvalue weighted by atomic mass is 9.93. The van der Waals surface area contributed by atoms with Crippen molar-refractivity contribution in [3.05, 3.63) is 18.0 Å². The molecule has 2 rings (SSSR count). The fourth-order valence-corrected chi connectivity index (χ4v) is 2.63. The second-order valence-electron chi connectivity index (χ2n) is 5.19. The largest absolute Gasteiger partial charge is 0.381 e. The quantitative estimate of drug-likeness (QED) is 0.870. The van der Waals surface area contributed by atoms with Crippen molar-refractivity contribution >= 4 is 0 Å². The lowest BCUT2D eigenvalue weighted by Crippen LogP contribution is -2.24. The van der Waals surface area contributed by atoms with Crippen LogP contribution in [0.5, 0.6) is 0 Å². The van der Waals surface area contributed by atoms with Crippen LogP contribution >= 0.6 is 0 Å². The van der Waals surface area contributed by atoms with Gasteiger partial charge >= 0.3 is 0 Å². The van der Waals surface area contributed by atoms with E-state index in [-0.39, 0.29) is 6.04 Å². The fourth-order valence-electron chi connectivity index (χ4n) is 2.63. The maximum atomic E-state index is 5.80.